The van der Waals surface area contributed by atoms with Crippen LogP contribution in [0.5, 0.6) is 0 Å². The van der Waals surface area contributed by atoms with Crippen LogP contribution < -0.4 is 0 Å². The molecule has 0 rings (SSSR count). The molecule has 0 saturated heterocycles. The first-order valence-electron chi connectivity index (χ1n) is 5.15. The summed E-state index contributed by atoms with van der Waals surface area (Å²) < 4.78 is 0. The first kappa shape index (κ1) is 14.7. The third-order valence-electron chi connectivity index (χ3n) is 1.89. The van der Waals surface area contributed by atoms with Crippen LogP contribution >= 0.6 is 0 Å². The number of allylic oxidation sites excluding steroid dienone is 4. The molecule has 0 spiro atoms. The zero-order valence-corrected chi connectivity index (χ0v) is 10.5. The molecule has 0 aliphatic heterocycles. The Labute approximate surface area is 103 Å². The molecule has 3 heteroatoms. The highest BCUT2D eigenvalue weighted by molar-refractivity contribution is 6.40. The molecule has 1 N–H and O–H groups in total. The van der Waals surface area contributed by atoms with Crippen molar-refractivity contribution in [1.82, 2.24) is 4.90 Å². The molecule has 0 amide bonds. The molecule has 0 bridgehead atoms. The lowest BCUT2D eigenvalue weighted by Crippen LogP contribution is -2.28. The topological polar surface area (TPSA) is 39.5 Å². The molecule has 17 heavy (non-hydrogen) atoms. The second-order valence-corrected chi connectivity index (χ2v) is 3.10. The van der Waals surface area contributed by atoms with Crippen molar-refractivity contribution in [3.63, 3.8) is 0 Å². The Hall–Kier alpha value is -2.26. The number of nitrogens with one attached hydrogen (secondary N) is 1. The molecule has 3 nitrogen and oxygen atoms in total. The minimum atomic E-state index is 0.388. The van der Waals surface area contributed by atoms with Gasteiger partial charge < -0.3 is 5.41 Å². The van der Waals surface area contributed by atoms with Gasteiger partial charge >= 0.3 is 0 Å². The van der Waals surface area contributed by atoms with Crippen LogP contribution in [0.1, 0.15) is 13.3 Å². The van der Waals surface area contributed by atoms with Crippen LogP contribution in [0.4, 0.5) is 0 Å². The molecule has 0 fully saturated rings. The summed E-state index contributed by atoms with van der Waals surface area (Å²) in [5, 5.41) is 7.82. The van der Waals surface area contributed by atoms with Crippen molar-refractivity contribution in [2.24, 2.45) is 4.99 Å². The SMILES string of the molecule is C#CN(C)/C(=N\C)C(=N)C/C=C\C=C\C#CC. The van der Waals surface area contributed by atoms with Gasteiger partial charge in [0.1, 0.15) is 0 Å². The summed E-state index contributed by atoms with van der Waals surface area (Å²) in [5.41, 5.74) is 0.388. The van der Waals surface area contributed by atoms with E-state index >= 15 is 0 Å². The molecule has 0 aliphatic carbocycles. The van der Waals surface area contributed by atoms with E-state index in [0.717, 1.165) is 0 Å². The van der Waals surface area contributed by atoms with E-state index in [9.17, 15) is 0 Å². The van der Waals surface area contributed by atoms with E-state index < -0.39 is 0 Å². The number of nitrogens with zero attached hydrogens (tertiary/aromatic N) is 2. The van der Waals surface area contributed by atoms with Gasteiger partial charge in [0.25, 0.3) is 0 Å². The minimum Gasteiger partial charge on any atom is -0.301 e. The zero-order valence-electron chi connectivity index (χ0n) is 10.5. The van der Waals surface area contributed by atoms with Crippen molar-refractivity contribution in [3.8, 4) is 24.3 Å². The molecule has 88 valence electrons. The van der Waals surface area contributed by atoms with Crippen molar-refractivity contribution >= 4 is 11.5 Å². The van der Waals surface area contributed by atoms with Crippen LogP contribution in [-0.4, -0.2) is 30.5 Å². The Kier molecular flexibility index (Phi) is 7.80. The first-order chi connectivity index (χ1) is 8.17. The Morgan fingerprint density at radius 2 is 2.18 bits per heavy atom. The lowest BCUT2D eigenvalue weighted by Gasteiger charge is -2.13. The summed E-state index contributed by atoms with van der Waals surface area (Å²) in [7, 11) is 3.33. The van der Waals surface area contributed by atoms with E-state index in [1.807, 2.05) is 18.2 Å². The second-order valence-electron chi connectivity index (χ2n) is 3.10. The lowest BCUT2D eigenvalue weighted by atomic mass is 10.2. The number of terminal acetylenes is 1. The fourth-order valence-electron chi connectivity index (χ4n) is 1.09. The maximum absolute atomic E-state index is 7.82. The maximum atomic E-state index is 7.82. The largest absolute Gasteiger partial charge is 0.301 e. The van der Waals surface area contributed by atoms with Crippen LogP contribution in [0.2, 0.25) is 0 Å². The van der Waals surface area contributed by atoms with Crippen molar-refractivity contribution in [1.29, 1.82) is 5.41 Å². The Morgan fingerprint density at radius 3 is 2.71 bits per heavy atom. The monoisotopic (exact) mass is 227 g/mol. The Morgan fingerprint density at radius 1 is 1.47 bits per heavy atom. The number of hydrogen-bond donors (Lipinski definition) is 1. The highest BCUT2D eigenvalue weighted by atomic mass is 15.1. The highest BCUT2D eigenvalue weighted by Crippen LogP contribution is 1.95. The molecule has 0 unspecified atom stereocenters. The zero-order chi connectivity index (χ0) is 13.1. The Bertz CT molecular complexity index is 436. The van der Waals surface area contributed by atoms with Crippen LogP contribution in [0, 0.1) is 29.7 Å². The van der Waals surface area contributed by atoms with Crippen LogP contribution in [0.25, 0.3) is 0 Å². The van der Waals surface area contributed by atoms with Gasteiger partial charge in [0.15, 0.2) is 5.84 Å². The van der Waals surface area contributed by atoms with Crippen molar-refractivity contribution in [2.75, 3.05) is 14.1 Å². The van der Waals surface area contributed by atoms with E-state index in [0.29, 0.717) is 18.0 Å². The van der Waals surface area contributed by atoms with E-state index in [4.69, 9.17) is 11.8 Å². The van der Waals surface area contributed by atoms with E-state index in [1.165, 1.54) is 4.90 Å². The summed E-state index contributed by atoms with van der Waals surface area (Å²) in [6, 6.07) is 2.42. The van der Waals surface area contributed by atoms with Gasteiger partial charge in [-0.1, -0.05) is 30.6 Å². The predicted octanol–water partition coefficient (Wildman–Crippen LogP) is 2.08. The molecular weight excluding hydrogens is 210 g/mol. The molecule has 0 aromatic rings. The van der Waals surface area contributed by atoms with E-state index in [2.05, 4.69) is 22.9 Å². The van der Waals surface area contributed by atoms with Crippen molar-refractivity contribution in [2.45, 2.75) is 13.3 Å². The summed E-state index contributed by atoms with van der Waals surface area (Å²) >= 11 is 0. The average molecular weight is 227 g/mol. The molecule has 0 heterocycles. The van der Waals surface area contributed by atoms with E-state index in [-0.39, 0.29) is 0 Å². The molecule has 0 atom stereocenters. The standard InChI is InChI=1S/C14H17N3/c1-5-7-8-9-10-11-12-13(15)14(16-3)17(4)6-2/h2,8-11,15H,12H2,1,3-4H3/b9-8+,11-10-,15-13?,16-14-. The normalized spacial score (nSPS) is 11.1. The van der Waals surface area contributed by atoms with Crippen LogP contribution in [0.15, 0.2) is 29.3 Å². The molecule has 0 saturated carbocycles. The summed E-state index contributed by atoms with van der Waals surface area (Å²) in [4.78, 5) is 5.48. The van der Waals surface area contributed by atoms with Crippen LogP contribution in [0.3, 0.4) is 0 Å². The van der Waals surface area contributed by atoms with Crippen molar-refractivity contribution < 1.29 is 0 Å². The lowest BCUT2D eigenvalue weighted by molar-refractivity contribution is 0.734. The first-order valence-corrected chi connectivity index (χ1v) is 5.15. The fraction of sp³-hybridized carbons (Fsp3) is 0.286. The minimum absolute atomic E-state index is 0.388. The van der Waals surface area contributed by atoms with E-state index in [1.54, 1.807) is 27.1 Å². The summed E-state index contributed by atoms with van der Waals surface area (Å²) in [6.45, 7) is 1.78. The fourth-order valence-corrected chi connectivity index (χ4v) is 1.09. The summed E-state index contributed by atoms with van der Waals surface area (Å²) in [5.74, 6) is 6.07. The highest BCUT2D eigenvalue weighted by Gasteiger charge is 2.07. The van der Waals surface area contributed by atoms with Gasteiger partial charge in [-0.2, -0.15) is 0 Å². The van der Waals surface area contributed by atoms with Gasteiger partial charge in [-0.05, 0) is 13.0 Å². The van der Waals surface area contributed by atoms with Gasteiger partial charge in [0.05, 0.1) is 5.71 Å². The number of rotatable bonds is 4. The molecule has 0 aromatic heterocycles. The van der Waals surface area contributed by atoms with Gasteiger partial charge in [-0.3, -0.25) is 9.89 Å². The smallest absolute Gasteiger partial charge is 0.156 e. The average Bonchev–Trinajstić information content (AvgIpc) is 2.34. The second kappa shape index (κ2) is 9.00. The third kappa shape index (κ3) is 6.02. The molecular formula is C14H17N3. The van der Waals surface area contributed by atoms with Gasteiger partial charge in [-0.25, -0.2) is 0 Å². The Balaban J connectivity index is 4.35. The maximum Gasteiger partial charge on any atom is 0.156 e. The molecule has 0 aromatic carbocycles. The summed E-state index contributed by atoms with van der Waals surface area (Å²) in [6.07, 6.45) is 13.0. The third-order valence-corrected chi connectivity index (χ3v) is 1.89. The van der Waals surface area contributed by atoms with Gasteiger partial charge in [-0.15, -0.1) is 5.92 Å². The molecule has 0 aliphatic rings. The molecule has 0 radical (unpaired) electrons. The predicted molar refractivity (Wildman–Crippen MR) is 74.0 cm³/mol. The van der Waals surface area contributed by atoms with Crippen molar-refractivity contribution in [3.05, 3.63) is 24.3 Å². The van der Waals surface area contributed by atoms with Gasteiger partial charge in [0.2, 0.25) is 0 Å². The number of hydrogen-bond acceptors (Lipinski definition) is 2. The van der Waals surface area contributed by atoms with Gasteiger partial charge in [0, 0.05) is 26.6 Å². The number of aliphatic imine (C=N–C) groups is 1. The van der Waals surface area contributed by atoms with Crippen LogP contribution in [-0.2, 0) is 0 Å². The quantitative estimate of drug-likeness (QED) is 0.258. The number of amidine groups is 1.